The molecule has 3 heterocycles. The van der Waals surface area contributed by atoms with Gasteiger partial charge in [-0.15, -0.1) is 5.10 Å². The maximum absolute atomic E-state index is 12.3. The highest BCUT2D eigenvalue weighted by Gasteiger charge is 2.17. The third-order valence-corrected chi connectivity index (χ3v) is 4.77. The summed E-state index contributed by atoms with van der Waals surface area (Å²) in [5, 5.41) is 8.29. The van der Waals surface area contributed by atoms with Gasteiger partial charge in [-0.1, -0.05) is 6.07 Å². The monoisotopic (exact) mass is 366 g/mol. The van der Waals surface area contributed by atoms with E-state index in [9.17, 15) is 4.79 Å². The molecule has 1 N–H and O–H groups in total. The summed E-state index contributed by atoms with van der Waals surface area (Å²) in [5.74, 6) is 0.891. The molecular formula is C20H22N4O3. The van der Waals surface area contributed by atoms with Crippen molar-refractivity contribution in [2.45, 2.75) is 12.8 Å². The number of carbonyl (C=O) groups excluding carboxylic acids is 1. The van der Waals surface area contributed by atoms with Crippen molar-refractivity contribution < 1.29 is 14.3 Å². The number of carbonyl (C=O) groups is 1. The number of hydrogen-bond donors (Lipinski definition) is 1. The molecule has 0 radical (unpaired) electrons. The summed E-state index contributed by atoms with van der Waals surface area (Å²) in [6.45, 7) is 2.25. The molecule has 1 amide bonds. The molecule has 1 saturated heterocycles. The minimum Gasteiger partial charge on any atom is -0.476 e. The van der Waals surface area contributed by atoms with Crippen LogP contribution < -0.4 is 10.1 Å². The van der Waals surface area contributed by atoms with Crippen LogP contribution in [0.2, 0.25) is 0 Å². The maximum Gasteiger partial charge on any atom is 0.274 e. The summed E-state index contributed by atoms with van der Waals surface area (Å²) in [5.41, 5.74) is 1.97. The number of anilines is 1. The number of nitrogens with one attached hydrogen (secondary N) is 1. The largest absolute Gasteiger partial charge is 0.476 e. The van der Waals surface area contributed by atoms with E-state index in [0.29, 0.717) is 29.8 Å². The van der Waals surface area contributed by atoms with Gasteiger partial charge in [0.1, 0.15) is 5.69 Å². The molecule has 3 aromatic rings. The number of pyridine rings is 1. The molecule has 27 heavy (non-hydrogen) atoms. The van der Waals surface area contributed by atoms with Gasteiger partial charge >= 0.3 is 0 Å². The molecule has 0 atom stereocenters. The van der Waals surface area contributed by atoms with Gasteiger partial charge in [0, 0.05) is 32.1 Å². The van der Waals surface area contributed by atoms with Gasteiger partial charge in [0.05, 0.1) is 17.5 Å². The predicted octanol–water partition coefficient (Wildman–Crippen LogP) is 3.03. The van der Waals surface area contributed by atoms with Crippen LogP contribution in [0, 0.1) is 5.92 Å². The fraction of sp³-hybridized carbons (Fsp3) is 0.350. The highest BCUT2D eigenvalue weighted by atomic mass is 16.5. The normalized spacial score (nSPS) is 15.0. The molecule has 1 fully saturated rings. The van der Waals surface area contributed by atoms with Crippen LogP contribution in [0.15, 0.2) is 42.6 Å². The summed E-state index contributed by atoms with van der Waals surface area (Å²) < 4.78 is 13.1. The first-order valence-corrected chi connectivity index (χ1v) is 9.10. The van der Waals surface area contributed by atoms with Crippen LogP contribution in [0.25, 0.3) is 10.9 Å². The van der Waals surface area contributed by atoms with Gasteiger partial charge < -0.3 is 14.8 Å². The molecule has 1 aliphatic heterocycles. The zero-order valence-electron chi connectivity index (χ0n) is 15.2. The van der Waals surface area contributed by atoms with Crippen LogP contribution >= 0.6 is 0 Å². The van der Waals surface area contributed by atoms with Crippen molar-refractivity contribution >= 4 is 22.5 Å². The highest BCUT2D eigenvalue weighted by molar-refractivity contribution is 6.03. The summed E-state index contributed by atoms with van der Waals surface area (Å²) >= 11 is 0. The van der Waals surface area contributed by atoms with Crippen LogP contribution in [-0.2, 0) is 11.8 Å². The van der Waals surface area contributed by atoms with Crippen LogP contribution in [0.4, 0.5) is 5.69 Å². The Kier molecular flexibility index (Phi) is 5.02. The molecule has 0 bridgehead atoms. The molecule has 0 unspecified atom stereocenters. The SMILES string of the molecule is Cn1nc(OCC2CCOCC2)c2ccc(NC(=O)c3ccccn3)cc21. The van der Waals surface area contributed by atoms with Gasteiger partial charge in [0.15, 0.2) is 0 Å². The lowest BCUT2D eigenvalue weighted by molar-refractivity contribution is 0.0492. The first kappa shape index (κ1) is 17.5. The van der Waals surface area contributed by atoms with Gasteiger partial charge in [0.25, 0.3) is 5.91 Å². The lowest BCUT2D eigenvalue weighted by Gasteiger charge is -2.21. The summed E-state index contributed by atoms with van der Waals surface area (Å²) in [7, 11) is 1.87. The predicted molar refractivity (Wildman–Crippen MR) is 102 cm³/mol. The number of ether oxygens (including phenoxy) is 2. The third kappa shape index (κ3) is 3.93. The minimum atomic E-state index is -0.242. The van der Waals surface area contributed by atoms with E-state index in [1.807, 2.05) is 25.2 Å². The van der Waals surface area contributed by atoms with Crippen molar-refractivity contribution in [3.05, 3.63) is 48.3 Å². The number of hydrogen-bond acceptors (Lipinski definition) is 5. The molecule has 1 aromatic carbocycles. The van der Waals surface area contributed by atoms with Crippen molar-refractivity contribution in [3.63, 3.8) is 0 Å². The average Bonchev–Trinajstić information content (AvgIpc) is 3.03. The van der Waals surface area contributed by atoms with Gasteiger partial charge in [-0.25, -0.2) is 0 Å². The van der Waals surface area contributed by atoms with Crippen LogP contribution in [0.1, 0.15) is 23.3 Å². The number of rotatable bonds is 5. The van der Waals surface area contributed by atoms with Gasteiger partial charge in [-0.05, 0) is 49.1 Å². The summed E-state index contributed by atoms with van der Waals surface area (Å²) in [4.78, 5) is 16.4. The molecule has 4 rings (SSSR count). The van der Waals surface area contributed by atoms with Crippen LogP contribution in [0.5, 0.6) is 5.88 Å². The Balaban J connectivity index is 1.49. The Labute approximate surface area is 157 Å². The van der Waals surface area contributed by atoms with Crippen molar-refractivity contribution in [2.24, 2.45) is 13.0 Å². The second-order valence-corrected chi connectivity index (χ2v) is 6.70. The van der Waals surface area contributed by atoms with E-state index in [2.05, 4.69) is 15.4 Å². The van der Waals surface area contributed by atoms with Crippen molar-refractivity contribution in [3.8, 4) is 5.88 Å². The van der Waals surface area contributed by atoms with Gasteiger partial charge in [0.2, 0.25) is 5.88 Å². The second-order valence-electron chi connectivity index (χ2n) is 6.70. The number of fused-ring (bicyclic) bond motifs is 1. The molecule has 7 heteroatoms. The van der Waals surface area contributed by atoms with Crippen LogP contribution in [-0.4, -0.2) is 40.5 Å². The van der Waals surface area contributed by atoms with E-state index >= 15 is 0 Å². The summed E-state index contributed by atoms with van der Waals surface area (Å²) in [6, 6.07) is 10.9. The fourth-order valence-electron chi connectivity index (χ4n) is 3.21. The third-order valence-electron chi connectivity index (χ3n) is 4.77. The lowest BCUT2D eigenvalue weighted by Crippen LogP contribution is -2.21. The van der Waals surface area contributed by atoms with Gasteiger partial charge in [-0.2, -0.15) is 0 Å². The number of aryl methyl sites for hydroxylation is 1. The zero-order valence-corrected chi connectivity index (χ0v) is 15.2. The minimum absolute atomic E-state index is 0.242. The van der Waals surface area contributed by atoms with E-state index < -0.39 is 0 Å². The van der Waals surface area contributed by atoms with E-state index in [-0.39, 0.29) is 5.91 Å². The Morgan fingerprint density at radius 1 is 1.30 bits per heavy atom. The number of nitrogens with zero attached hydrogens (tertiary/aromatic N) is 3. The smallest absolute Gasteiger partial charge is 0.274 e. The molecule has 2 aromatic heterocycles. The van der Waals surface area contributed by atoms with Crippen molar-refractivity contribution in [1.29, 1.82) is 0 Å². The highest BCUT2D eigenvalue weighted by Crippen LogP contribution is 2.28. The van der Waals surface area contributed by atoms with E-state index in [1.165, 1.54) is 0 Å². The molecule has 1 aliphatic rings. The van der Waals surface area contributed by atoms with E-state index in [1.54, 1.807) is 29.1 Å². The Morgan fingerprint density at radius 2 is 2.15 bits per heavy atom. The second kappa shape index (κ2) is 7.75. The first-order chi connectivity index (χ1) is 13.2. The molecular weight excluding hydrogens is 344 g/mol. The van der Waals surface area contributed by atoms with E-state index in [0.717, 1.165) is 37.0 Å². The molecule has 140 valence electrons. The number of benzene rings is 1. The lowest BCUT2D eigenvalue weighted by atomic mass is 10.0. The molecule has 0 aliphatic carbocycles. The van der Waals surface area contributed by atoms with Crippen LogP contribution in [0.3, 0.4) is 0 Å². The average molecular weight is 366 g/mol. The summed E-state index contributed by atoms with van der Waals surface area (Å²) in [6.07, 6.45) is 3.64. The standard InChI is InChI=1S/C20H22N4O3/c1-24-18-12-15(22-19(25)17-4-2-3-9-21-17)5-6-16(18)20(23-24)27-13-14-7-10-26-11-8-14/h2-6,9,12,14H,7-8,10-11,13H2,1H3,(H,22,25). The Hall–Kier alpha value is -2.93. The topological polar surface area (TPSA) is 78.3 Å². The van der Waals surface area contributed by atoms with Crippen molar-refractivity contribution in [2.75, 3.05) is 25.1 Å². The first-order valence-electron chi connectivity index (χ1n) is 9.10. The van der Waals surface area contributed by atoms with Crippen molar-refractivity contribution in [1.82, 2.24) is 14.8 Å². The van der Waals surface area contributed by atoms with Gasteiger partial charge in [-0.3, -0.25) is 14.5 Å². The number of amides is 1. The fourth-order valence-corrected chi connectivity index (χ4v) is 3.21. The Morgan fingerprint density at radius 3 is 2.93 bits per heavy atom. The zero-order chi connectivity index (χ0) is 18.6. The number of aromatic nitrogens is 3. The quantitative estimate of drug-likeness (QED) is 0.751. The maximum atomic E-state index is 12.3. The molecule has 0 saturated carbocycles. The molecule has 7 nitrogen and oxygen atoms in total. The molecule has 0 spiro atoms. The van der Waals surface area contributed by atoms with E-state index in [4.69, 9.17) is 9.47 Å². The Bertz CT molecular complexity index is 933.